The molecule has 23 heavy (non-hydrogen) atoms. The highest BCUT2D eigenvalue weighted by Gasteiger charge is 2.20. The van der Waals surface area contributed by atoms with Gasteiger partial charge in [-0.25, -0.2) is 9.97 Å². The monoisotopic (exact) mass is 325 g/mol. The molecule has 1 aromatic carbocycles. The van der Waals surface area contributed by atoms with Gasteiger partial charge in [0.1, 0.15) is 11.6 Å². The Morgan fingerprint density at radius 2 is 2.00 bits per heavy atom. The van der Waals surface area contributed by atoms with Crippen LogP contribution in [0.5, 0.6) is 11.5 Å². The minimum atomic E-state index is 0.265. The third kappa shape index (κ3) is 2.41. The Hall–Kier alpha value is -2.60. The van der Waals surface area contributed by atoms with E-state index in [4.69, 9.17) is 14.5 Å². The van der Waals surface area contributed by atoms with Crippen LogP contribution in [0, 0.1) is 6.92 Å². The number of nitrogens with zero attached hydrogens (tertiary/aromatic N) is 2. The highest BCUT2D eigenvalue weighted by Crippen LogP contribution is 2.41. The van der Waals surface area contributed by atoms with Gasteiger partial charge in [-0.3, -0.25) is 0 Å². The van der Waals surface area contributed by atoms with Gasteiger partial charge in [-0.2, -0.15) is 0 Å². The van der Waals surface area contributed by atoms with E-state index >= 15 is 0 Å². The van der Waals surface area contributed by atoms with Gasteiger partial charge in [0.25, 0.3) is 0 Å². The molecule has 0 spiro atoms. The Bertz CT molecular complexity index is 863. The molecular formula is C17H15N3O2S. The summed E-state index contributed by atoms with van der Waals surface area (Å²) in [6.45, 7) is 2.16. The van der Waals surface area contributed by atoms with Gasteiger partial charge in [0.05, 0.1) is 11.3 Å². The highest BCUT2D eigenvalue weighted by molar-refractivity contribution is 7.13. The molecule has 0 amide bonds. The second kappa shape index (κ2) is 5.55. The Labute approximate surface area is 137 Å². The lowest BCUT2D eigenvalue weighted by Gasteiger charge is -2.13. The Morgan fingerprint density at radius 1 is 1.13 bits per heavy atom. The molecule has 6 heteroatoms. The fourth-order valence-corrected chi connectivity index (χ4v) is 3.43. The SMILES string of the molecule is CNc1nc(C)nc(-c2ccc3c(c2)OCO3)c1-c1cccs1. The molecule has 3 heterocycles. The number of hydrogen-bond donors (Lipinski definition) is 1. The van der Waals surface area contributed by atoms with E-state index in [0.717, 1.165) is 44.8 Å². The molecule has 1 aliphatic heterocycles. The van der Waals surface area contributed by atoms with Crippen molar-refractivity contribution >= 4 is 17.2 Å². The number of fused-ring (bicyclic) bond motifs is 1. The minimum absolute atomic E-state index is 0.265. The molecule has 116 valence electrons. The number of aromatic nitrogens is 2. The predicted molar refractivity (Wildman–Crippen MR) is 91.2 cm³/mol. The minimum Gasteiger partial charge on any atom is -0.454 e. The first-order chi connectivity index (χ1) is 11.3. The lowest BCUT2D eigenvalue weighted by molar-refractivity contribution is 0.174. The molecule has 0 unspecified atom stereocenters. The number of rotatable bonds is 3. The van der Waals surface area contributed by atoms with E-state index < -0.39 is 0 Å². The Balaban J connectivity index is 1.95. The van der Waals surface area contributed by atoms with Crippen LogP contribution >= 0.6 is 11.3 Å². The van der Waals surface area contributed by atoms with Gasteiger partial charge in [-0.1, -0.05) is 6.07 Å². The number of aryl methyl sites for hydroxylation is 1. The zero-order chi connectivity index (χ0) is 15.8. The summed E-state index contributed by atoms with van der Waals surface area (Å²) in [4.78, 5) is 10.4. The van der Waals surface area contributed by atoms with Crippen molar-refractivity contribution in [3.05, 3.63) is 41.5 Å². The van der Waals surface area contributed by atoms with Gasteiger partial charge >= 0.3 is 0 Å². The van der Waals surface area contributed by atoms with Gasteiger partial charge in [0, 0.05) is 17.5 Å². The molecule has 0 saturated heterocycles. The lowest BCUT2D eigenvalue weighted by Crippen LogP contribution is -2.02. The van der Waals surface area contributed by atoms with Gasteiger partial charge in [-0.05, 0) is 36.6 Å². The maximum atomic E-state index is 5.50. The van der Waals surface area contributed by atoms with Gasteiger partial charge in [0.15, 0.2) is 11.5 Å². The molecule has 0 aliphatic carbocycles. The first-order valence-electron chi connectivity index (χ1n) is 7.26. The van der Waals surface area contributed by atoms with Crippen LogP contribution in [0.15, 0.2) is 35.7 Å². The van der Waals surface area contributed by atoms with E-state index in [1.807, 2.05) is 38.2 Å². The van der Waals surface area contributed by atoms with Crippen LogP contribution in [-0.2, 0) is 0 Å². The van der Waals surface area contributed by atoms with Gasteiger partial charge < -0.3 is 14.8 Å². The topological polar surface area (TPSA) is 56.3 Å². The summed E-state index contributed by atoms with van der Waals surface area (Å²) in [5.41, 5.74) is 2.88. The molecule has 3 aromatic rings. The van der Waals surface area contributed by atoms with E-state index in [1.54, 1.807) is 11.3 Å². The molecule has 0 saturated carbocycles. The van der Waals surface area contributed by atoms with Crippen LogP contribution in [0.1, 0.15) is 5.82 Å². The maximum Gasteiger partial charge on any atom is 0.231 e. The molecule has 5 nitrogen and oxygen atoms in total. The molecule has 0 radical (unpaired) electrons. The fraction of sp³-hybridized carbons (Fsp3) is 0.176. The zero-order valence-electron chi connectivity index (χ0n) is 12.8. The Morgan fingerprint density at radius 3 is 2.78 bits per heavy atom. The van der Waals surface area contributed by atoms with Crippen LogP contribution in [0.2, 0.25) is 0 Å². The average Bonchev–Trinajstić information content (AvgIpc) is 3.24. The smallest absolute Gasteiger partial charge is 0.231 e. The summed E-state index contributed by atoms with van der Waals surface area (Å²) in [6, 6.07) is 10.0. The van der Waals surface area contributed by atoms with Crippen molar-refractivity contribution in [2.24, 2.45) is 0 Å². The largest absolute Gasteiger partial charge is 0.454 e. The first kappa shape index (κ1) is 14.0. The molecule has 1 N–H and O–H groups in total. The summed E-state index contributed by atoms with van der Waals surface area (Å²) >= 11 is 1.67. The number of hydrogen-bond acceptors (Lipinski definition) is 6. The van der Waals surface area contributed by atoms with Crippen molar-refractivity contribution < 1.29 is 9.47 Å². The summed E-state index contributed by atoms with van der Waals surface area (Å²) in [6.07, 6.45) is 0. The summed E-state index contributed by atoms with van der Waals surface area (Å²) in [5, 5.41) is 5.24. The molecule has 0 atom stereocenters. The zero-order valence-corrected chi connectivity index (χ0v) is 13.6. The summed E-state index contributed by atoms with van der Waals surface area (Å²) in [7, 11) is 1.88. The van der Waals surface area contributed by atoms with E-state index in [-0.39, 0.29) is 6.79 Å². The third-order valence-electron chi connectivity index (χ3n) is 3.67. The van der Waals surface area contributed by atoms with Crippen LogP contribution in [0.25, 0.3) is 21.7 Å². The van der Waals surface area contributed by atoms with Crippen molar-refractivity contribution in [3.63, 3.8) is 0 Å². The van der Waals surface area contributed by atoms with Crippen molar-refractivity contribution in [3.8, 4) is 33.2 Å². The molecule has 0 fully saturated rings. The molecule has 1 aliphatic rings. The molecular weight excluding hydrogens is 310 g/mol. The number of nitrogens with one attached hydrogen (secondary N) is 1. The van der Waals surface area contributed by atoms with E-state index in [9.17, 15) is 0 Å². The first-order valence-corrected chi connectivity index (χ1v) is 8.14. The van der Waals surface area contributed by atoms with Crippen LogP contribution in [0.4, 0.5) is 5.82 Å². The van der Waals surface area contributed by atoms with Crippen molar-refractivity contribution in [1.29, 1.82) is 0 Å². The highest BCUT2D eigenvalue weighted by atomic mass is 32.1. The van der Waals surface area contributed by atoms with E-state index in [0.29, 0.717) is 0 Å². The van der Waals surface area contributed by atoms with Crippen LogP contribution in [-0.4, -0.2) is 23.8 Å². The number of ether oxygens (including phenoxy) is 2. The molecule has 0 bridgehead atoms. The second-order valence-electron chi connectivity index (χ2n) is 5.14. The van der Waals surface area contributed by atoms with Crippen molar-refractivity contribution in [2.75, 3.05) is 19.2 Å². The lowest BCUT2D eigenvalue weighted by atomic mass is 10.0. The standard InChI is InChI=1S/C17H15N3O2S/c1-10-19-16(11-5-6-12-13(8-11)22-9-21-12)15(17(18-2)20-10)14-4-3-7-23-14/h3-8H,9H2,1-2H3,(H,18,19,20). The molecule has 2 aromatic heterocycles. The number of anilines is 1. The van der Waals surface area contributed by atoms with E-state index in [1.165, 1.54) is 0 Å². The van der Waals surface area contributed by atoms with Crippen molar-refractivity contribution in [2.45, 2.75) is 6.92 Å². The molecule has 4 rings (SSSR count). The number of benzene rings is 1. The summed E-state index contributed by atoms with van der Waals surface area (Å²) < 4.78 is 10.9. The van der Waals surface area contributed by atoms with Gasteiger partial charge in [-0.15, -0.1) is 11.3 Å². The van der Waals surface area contributed by atoms with Gasteiger partial charge in [0.2, 0.25) is 6.79 Å². The van der Waals surface area contributed by atoms with E-state index in [2.05, 4.69) is 21.7 Å². The second-order valence-corrected chi connectivity index (χ2v) is 6.09. The maximum absolute atomic E-state index is 5.50. The quantitative estimate of drug-likeness (QED) is 0.790. The van der Waals surface area contributed by atoms with Crippen LogP contribution < -0.4 is 14.8 Å². The predicted octanol–water partition coefficient (Wildman–Crippen LogP) is 3.95. The number of thiophene rings is 1. The van der Waals surface area contributed by atoms with Crippen LogP contribution in [0.3, 0.4) is 0 Å². The Kier molecular flexibility index (Phi) is 3.38. The average molecular weight is 325 g/mol. The third-order valence-corrected chi connectivity index (χ3v) is 4.56. The summed E-state index contributed by atoms with van der Waals surface area (Å²) in [5.74, 6) is 3.07. The van der Waals surface area contributed by atoms with Crippen molar-refractivity contribution in [1.82, 2.24) is 9.97 Å². The normalized spacial score (nSPS) is 12.4. The fourth-order valence-electron chi connectivity index (χ4n) is 2.66.